The molecule has 92 valence electrons. The smallest absolute Gasteiger partial charge is 0.0473 e. The Kier molecular flexibility index (Phi) is 4.30. The van der Waals surface area contributed by atoms with Gasteiger partial charge in [-0.2, -0.15) is 0 Å². The number of hydrogen-bond acceptors (Lipinski definition) is 1. The lowest BCUT2D eigenvalue weighted by Gasteiger charge is -2.05. The molecule has 0 saturated carbocycles. The van der Waals surface area contributed by atoms with Gasteiger partial charge >= 0.3 is 0 Å². The summed E-state index contributed by atoms with van der Waals surface area (Å²) >= 11 is 0. The van der Waals surface area contributed by atoms with Gasteiger partial charge in [-0.3, -0.25) is 4.99 Å². The third-order valence-electron chi connectivity index (χ3n) is 2.99. The summed E-state index contributed by atoms with van der Waals surface area (Å²) < 4.78 is 0. The van der Waals surface area contributed by atoms with Crippen LogP contribution in [0.1, 0.15) is 32.3 Å². The summed E-state index contributed by atoms with van der Waals surface area (Å²) in [5.41, 5.74) is 2.36. The Morgan fingerprint density at radius 1 is 1.06 bits per heavy atom. The van der Waals surface area contributed by atoms with Gasteiger partial charge in [-0.25, -0.2) is 0 Å². The van der Waals surface area contributed by atoms with Crippen molar-refractivity contribution in [2.75, 3.05) is 0 Å². The topological polar surface area (TPSA) is 12.4 Å². The van der Waals surface area contributed by atoms with Crippen LogP contribution in [0.15, 0.2) is 59.7 Å². The molecule has 1 heteroatoms. The molecule has 0 aliphatic carbocycles. The molecule has 0 fully saturated rings. The molecule has 1 nitrogen and oxygen atoms in total. The van der Waals surface area contributed by atoms with Crippen molar-refractivity contribution >= 4 is 16.5 Å². The van der Waals surface area contributed by atoms with Crippen molar-refractivity contribution in [2.24, 2.45) is 4.99 Å². The van der Waals surface area contributed by atoms with Gasteiger partial charge in [0.2, 0.25) is 0 Å². The minimum atomic E-state index is 0.951. The summed E-state index contributed by atoms with van der Waals surface area (Å²) in [6.07, 6.45) is 5.97. The van der Waals surface area contributed by atoms with Gasteiger partial charge in [-0.1, -0.05) is 56.3 Å². The Hall–Kier alpha value is -1.89. The van der Waals surface area contributed by atoms with Crippen molar-refractivity contribution in [2.45, 2.75) is 26.7 Å². The second-order valence-electron chi connectivity index (χ2n) is 4.28. The lowest BCUT2D eigenvalue weighted by Crippen LogP contribution is -1.97. The van der Waals surface area contributed by atoms with Gasteiger partial charge in [0.05, 0.1) is 0 Å². The van der Waals surface area contributed by atoms with Crippen molar-refractivity contribution < 1.29 is 0 Å². The van der Waals surface area contributed by atoms with Crippen LogP contribution in [-0.2, 0) is 0 Å². The van der Waals surface area contributed by atoms with Crippen LogP contribution in [0.2, 0.25) is 0 Å². The lowest BCUT2D eigenvalue weighted by molar-refractivity contribution is 1.20. The second kappa shape index (κ2) is 6.15. The molecule has 0 aromatic heterocycles. The highest BCUT2D eigenvalue weighted by Gasteiger charge is 2.01. The van der Waals surface area contributed by atoms with Gasteiger partial charge in [-0.15, -0.1) is 0 Å². The zero-order valence-corrected chi connectivity index (χ0v) is 11.1. The number of benzene rings is 2. The Morgan fingerprint density at radius 3 is 2.56 bits per heavy atom. The largest absolute Gasteiger partial charge is 0.261 e. The number of fused-ring (bicyclic) bond motifs is 1. The third kappa shape index (κ3) is 2.86. The van der Waals surface area contributed by atoms with Gasteiger partial charge in [0.25, 0.3) is 0 Å². The molecule has 0 spiro atoms. The molecule has 0 aliphatic rings. The summed E-state index contributed by atoms with van der Waals surface area (Å²) in [5.74, 6) is 0. The molecule has 18 heavy (non-hydrogen) atoms. The molecular formula is C17H19N. The van der Waals surface area contributed by atoms with Crippen LogP contribution in [0.3, 0.4) is 0 Å². The van der Waals surface area contributed by atoms with E-state index in [2.05, 4.69) is 67.4 Å². The molecule has 2 aromatic carbocycles. The number of allylic oxidation sites excluding steroid dienone is 1. The van der Waals surface area contributed by atoms with E-state index in [0.29, 0.717) is 0 Å². The molecule has 0 N–H and O–H groups in total. The molecule has 0 heterocycles. The Bertz CT molecular complexity index is 579. The number of nitrogens with zero attached hydrogens (tertiary/aromatic N) is 1. The molecule has 2 aromatic rings. The summed E-state index contributed by atoms with van der Waals surface area (Å²) in [6, 6.07) is 15.0. The normalized spacial score (nSPS) is 12.4. The predicted octanol–water partition coefficient (Wildman–Crippen LogP) is 4.96. The maximum atomic E-state index is 4.55. The summed E-state index contributed by atoms with van der Waals surface area (Å²) in [7, 11) is 0. The van der Waals surface area contributed by atoms with E-state index >= 15 is 0 Å². The van der Waals surface area contributed by atoms with Crippen molar-refractivity contribution in [1.29, 1.82) is 0 Å². The minimum Gasteiger partial charge on any atom is -0.261 e. The SMILES string of the molecule is CC/C=C/N=C(\CC)c1ccc2ccccc2c1. The Labute approximate surface area is 109 Å². The number of rotatable bonds is 4. The Balaban J connectivity index is 2.39. The minimum absolute atomic E-state index is 0.951. The molecule has 0 radical (unpaired) electrons. The molecule has 0 unspecified atom stereocenters. The van der Waals surface area contributed by atoms with E-state index in [9.17, 15) is 0 Å². The molecule has 0 atom stereocenters. The van der Waals surface area contributed by atoms with E-state index in [-0.39, 0.29) is 0 Å². The fourth-order valence-corrected chi connectivity index (χ4v) is 1.99. The predicted molar refractivity (Wildman–Crippen MR) is 80.2 cm³/mol. The first-order valence-corrected chi connectivity index (χ1v) is 6.56. The van der Waals surface area contributed by atoms with Crippen LogP contribution in [0.25, 0.3) is 10.8 Å². The molecule has 2 rings (SSSR count). The van der Waals surface area contributed by atoms with Crippen LogP contribution in [0, 0.1) is 0 Å². The lowest BCUT2D eigenvalue weighted by atomic mass is 10.0. The van der Waals surface area contributed by atoms with Crippen LogP contribution >= 0.6 is 0 Å². The van der Waals surface area contributed by atoms with E-state index in [1.807, 2.05) is 6.20 Å². The van der Waals surface area contributed by atoms with Crippen molar-refractivity contribution in [3.63, 3.8) is 0 Å². The van der Waals surface area contributed by atoms with Crippen molar-refractivity contribution in [1.82, 2.24) is 0 Å². The van der Waals surface area contributed by atoms with Crippen LogP contribution < -0.4 is 0 Å². The standard InChI is InChI=1S/C17H19N/c1-3-5-12-18-17(4-2)16-11-10-14-8-6-7-9-15(14)13-16/h5-13H,3-4H2,1-2H3/b12-5+,18-17+. The van der Waals surface area contributed by atoms with Crippen LogP contribution in [-0.4, -0.2) is 5.71 Å². The fraction of sp³-hybridized carbons (Fsp3) is 0.235. The highest BCUT2D eigenvalue weighted by atomic mass is 14.7. The Morgan fingerprint density at radius 2 is 1.83 bits per heavy atom. The number of hydrogen-bond donors (Lipinski definition) is 0. The summed E-state index contributed by atoms with van der Waals surface area (Å²) in [4.78, 5) is 4.55. The molecule has 0 saturated heterocycles. The summed E-state index contributed by atoms with van der Waals surface area (Å²) in [5, 5.41) is 2.55. The zero-order chi connectivity index (χ0) is 12.8. The molecule has 0 aliphatic heterocycles. The zero-order valence-electron chi connectivity index (χ0n) is 11.1. The highest BCUT2D eigenvalue weighted by molar-refractivity contribution is 6.03. The summed E-state index contributed by atoms with van der Waals surface area (Å²) in [6.45, 7) is 4.27. The fourth-order valence-electron chi connectivity index (χ4n) is 1.99. The van der Waals surface area contributed by atoms with Gasteiger partial charge in [0.1, 0.15) is 0 Å². The first-order valence-electron chi connectivity index (χ1n) is 6.56. The molecular weight excluding hydrogens is 218 g/mol. The highest BCUT2D eigenvalue weighted by Crippen LogP contribution is 2.17. The van der Waals surface area contributed by atoms with E-state index in [0.717, 1.165) is 18.6 Å². The molecule has 0 amide bonds. The van der Waals surface area contributed by atoms with E-state index in [4.69, 9.17) is 0 Å². The van der Waals surface area contributed by atoms with E-state index in [1.54, 1.807) is 0 Å². The third-order valence-corrected chi connectivity index (χ3v) is 2.99. The van der Waals surface area contributed by atoms with Crippen molar-refractivity contribution in [3.8, 4) is 0 Å². The second-order valence-corrected chi connectivity index (χ2v) is 4.28. The maximum Gasteiger partial charge on any atom is 0.0473 e. The maximum absolute atomic E-state index is 4.55. The first-order chi connectivity index (χ1) is 8.85. The number of aliphatic imine (C=N–C) groups is 1. The average molecular weight is 237 g/mol. The monoisotopic (exact) mass is 237 g/mol. The average Bonchev–Trinajstić information content (AvgIpc) is 2.43. The van der Waals surface area contributed by atoms with Crippen LogP contribution in [0.4, 0.5) is 0 Å². The van der Waals surface area contributed by atoms with Gasteiger partial charge in [-0.05, 0) is 35.2 Å². The van der Waals surface area contributed by atoms with E-state index < -0.39 is 0 Å². The van der Waals surface area contributed by atoms with E-state index in [1.165, 1.54) is 16.3 Å². The molecule has 0 bridgehead atoms. The van der Waals surface area contributed by atoms with Crippen molar-refractivity contribution in [3.05, 3.63) is 60.3 Å². The first kappa shape index (κ1) is 12.6. The quantitative estimate of drug-likeness (QED) is 0.666. The van der Waals surface area contributed by atoms with Gasteiger partial charge in [0, 0.05) is 11.9 Å². The van der Waals surface area contributed by atoms with Crippen LogP contribution in [0.5, 0.6) is 0 Å². The van der Waals surface area contributed by atoms with Gasteiger partial charge in [0.15, 0.2) is 0 Å². The van der Waals surface area contributed by atoms with Gasteiger partial charge < -0.3 is 0 Å².